The average molecular weight is 374 g/mol. The highest BCUT2D eigenvalue weighted by Crippen LogP contribution is 2.26. The van der Waals surface area contributed by atoms with Crippen LogP contribution in [0.15, 0.2) is 60.8 Å². The number of aromatic nitrogens is 1. The maximum Gasteiger partial charge on any atom is 0.242 e. The number of benzene rings is 2. The standard InChI is InChI=1S/C24H26N2O2/c1-17-9-8-10-18(2)26(17)23(27)16-25-15-21(20-13-6-7-14-22(20)25)24(28)19-11-4-3-5-12-19/h3-7,11-15,17-18H,8-10,16H2,1-2H3/t17-,18+. The minimum Gasteiger partial charge on any atom is -0.337 e. The molecule has 3 aromatic rings. The second kappa shape index (κ2) is 7.63. The maximum absolute atomic E-state index is 13.1. The molecule has 0 bridgehead atoms. The van der Waals surface area contributed by atoms with E-state index in [-0.39, 0.29) is 30.3 Å². The molecule has 28 heavy (non-hydrogen) atoms. The van der Waals surface area contributed by atoms with E-state index < -0.39 is 0 Å². The number of carbonyl (C=O) groups excluding carboxylic acids is 2. The molecule has 2 heterocycles. The van der Waals surface area contributed by atoms with Crippen LogP contribution < -0.4 is 0 Å². The highest BCUT2D eigenvalue weighted by atomic mass is 16.2. The summed E-state index contributed by atoms with van der Waals surface area (Å²) >= 11 is 0. The molecule has 4 heteroatoms. The van der Waals surface area contributed by atoms with E-state index in [4.69, 9.17) is 0 Å². The van der Waals surface area contributed by atoms with Gasteiger partial charge in [0.05, 0.1) is 0 Å². The SMILES string of the molecule is C[C@@H]1CCC[C@H](C)N1C(=O)Cn1cc(C(=O)c2ccccc2)c2ccccc21. The zero-order chi connectivity index (χ0) is 19.7. The lowest BCUT2D eigenvalue weighted by molar-refractivity contribution is -0.137. The van der Waals surface area contributed by atoms with Crippen LogP contribution in [0.25, 0.3) is 10.9 Å². The van der Waals surface area contributed by atoms with E-state index in [0.29, 0.717) is 11.1 Å². The molecule has 1 aliphatic rings. The number of fused-ring (bicyclic) bond motifs is 1. The lowest BCUT2D eigenvalue weighted by Crippen LogP contribution is -2.48. The third kappa shape index (κ3) is 3.35. The molecule has 2 aromatic carbocycles. The predicted octanol–water partition coefficient (Wildman–Crippen LogP) is 4.66. The lowest BCUT2D eigenvalue weighted by atomic mass is 9.97. The maximum atomic E-state index is 13.1. The second-order valence-electron chi connectivity index (χ2n) is 7.81. The molecule has 1 amide bonds. The van der Waals surface area contributed by atoms with Gasteiger partial charge in [0.25, 0.3) is 0 Å². The molecule has 0 saturated carbocycles. The molecule has 1 fully saturated rings. The first-order valence-electron chi connectivity index (χ1n) is 10.0. The highest BCUT2D eigenvalue weighted by Gasteiger charge is 2.29. The third-order valence-corrected chi connectivity index (χ3v) is 5.86. The zero-order valence-electron chi connectivity index (χ0n) is 16.5. The average Bonchev–Trinajstić information content (AvgIpc) is 3.06. The summed E-state index contributed by atoms with van der Waals surface area (Å²) in [6, 6.07) is 17.7. The molecule has 1 aromatic heterocycles. The van der Waals surface area contributed by atoms with Crippen LogP contribution in [0.3, 0.4) is 0 Å². The molecule has 1 saturated heterocycles. The van der Waals surface area contributed by atoms with E-state index in [9.17, 15) is 9.59 Å². The number of para-hydroxylation sites is 1. The molecule has 0 radical (unpaired) electrons. The van der Waals surface area contributed by atoms with Crippen LogP contribution >= 0.6 is 0 Å². The first kappa shape index (κ1) is 18.5. The molecule has 0 spiro atoms. The first-order chi connectivity index (χ1) is 13.6. The number of ketones is 1. The number of hydrogen-bond donors (Lipinski definition) is 0. The van der Waals surface area contributed by atoms with Crippen LogP contribution in [0.5, 0.6) is 0 Å². The summed E-state index contributed by atoms with van der Waals surface area (Å²) in [5.41, 5.74) is 2.23. The van der Waals surface area contributed by atoms with Crippen LogP contribution in [-0.2, 0) is 11.3 Å². The molecular formula is C24H26N2O2. The topological polar surface area (TPSA) is 42.3 Å². The Balaban J connectivity index is 1.69. The Kier molecular flexibility index (Phi) is 5.03. The van der Waals surface area contributed by atoms with Crippen LogP contribution in [0.4, 0.5) is 0 Å². The fourth-order valence-electron chi connectivity index (χ4n) is 4.44. The Morgan fingerprint density at radius 3 is 2.29 bits per heavy atom. The molecule has 2 atom stereocenters. The van der Waals surface area contributed by atoms with Crippen LogP contribution in [0.1, 0.15) is 49.0 Å². The number of hydrogen-bond acceptors (Lipinski definition) is 2. The largest absolute Gasteiger partial charge is 0.337 e. The zero-order valence-corrected chi connectivity index (χ0v) is 16.5. The van der Waals surface area contributed by atoms with Gasteiger partial charge in [-0.25, -0.2) is 0 Å². The van der Waals surface area contributed by atoms with E-state index in [1.54, 1.807) is 0 Å². The molecule has 1 aliphatic heterocycles. The van der Waals surface area contributed by atoms with Crippen molar-refractivity contribution in [3.05, 3.63) is 71.9 Å². The van der Waals surface area contributed by atoms with Gasteiger partial charge in [-0.2, -0.15) is 0 Å². The van der Waals surface area contributed by atoms with Gasteiger partial charge in [0.1, 0.15) is 6.54 Å². The summed E-state index contributed by atoms with van der Waals surface area (Å²) in [7, 11) is 0. The second-order valence-corrected chi connectivity index (χ2v) is 7.81. The van der Waals surface area contributed by atoms with Gasteiger partial charge >= 0.3 is 0 Å². The van der Waals surface area contributed by atoms with E-state index in [1.165, 1.54) is 6.42 Å². The number of carbonyl (C=O) groups is 2. The van der Waals surface area contributed by atoms with Crippen molar-refractivity contribution in [3.63, 3.8) is 0 Å². The summed E-state index contributed by atoms with van der Waals surface area (Å²) in [6.45, 7) is 4.52. The van der Waals surface area contributed by atoms with Crippen LogP contribution in [-0.4, -0.2) is 33.2 Å². The van der Waals surface area contributed by atoms with Gasteiger partial charge in [0.2, 0.25) is 5.91 Å². The van der Waals surface area contributed by atoms with Gasteiger partial charge < -0.3 is 9.47 Å². The van der Waals surface area contributed by atoms with E-state index in [1.807, 2.05) is 70.3 Å². The third-order valence-electron chi connectivity index (χ3n) is 5.86. The molecule has 4 nitrogen and oxygen atoms in total. The Hall–Kier alpha value is -2.88. The van der Waals surface area contributed by atoms with Crippen molar-refractivity contribution in [1.29, 1.82) is 0 Å². The van der Waals surface area contributed by atoms with Gasteiger partial charge in [-0.15, -0.1) is 0 Å². The number of nitrogens with zero attached hydrogens (tertiary/aromatic N) is 2. The lowest BCUT2D eigenvalue weighted by Gasteiger charge is -2.39. The number of piperidine rings is 1. The van der Waals surface area contributed by atoms with Gasteiger partial charge in [0.15, 0.2) is 5.78 Å². The Labute approximate surface area is 165 Å². The van der Waals surface area contributed by atoms with Crippen molar-refractivity contribution >= 4 is 22.6 Å². The fourth-order valence-corrected chi connectivity index (χ4v) is 4.44. The summed E-state index contributed by atoms with van der Waals surface area (Å²) in [5.74, 6) is 0.113. The van der Waals surface area contributed by atoms with E-state index in [2.05, 4.69) is 13.8 Å². The Morgan fingerprint density at radius 1 is 0.929 bits per heavy atom. The molecule has 4 rings (SSSR count). The quantitative estimate of drug-likeness (QED) is 0.623. The molecule has 0 aliphatic carbocycles. The summed E-state index contributed by atoms with van der Waals surface area (Å²) in [6.07, 6.45) is 5.13. The summed E-state index contributed by atoms with van der Waals surface area (Å²) < 4.78 is 1.93. The minimum absolute atomic E-state index is 0.0114. The van der Waals surface area contributed by atoms with Gasteiger partial charge in [0, 0.05) is 40.3 Å². The van der Waals surface area contributed by atoms with Crippen molar-refractivity contribution in [2.75, 3.05) is 0 Å². The smallest absolute Gasteiger partial charge is 0.242 e. The monoisotopic (exact) mass is 374 g/mol. The van der Waals surface area contributed by atoms with Crippen molar-refractivity contribution in [3.8, 4) is 0 Å². The predicted molar refractivity (Wildman–Crippen MR) is 111 cm³/mol. The first-order valence-corrected chi connectivity index (χ1v) is 10.0. The van der Waals surface area contributed by atoms with Crippen molar-refractivity contribution in [1.82, 2.24) is 9.47 Å². The molecule has 144 valence electrons. The normalized spacial score (nSPS) is 19.7. The van der Waals surface area contributed by atoms with Crippen molar-refractivity contribution in [2.45, 2.75) is 51.7 Å². The van der Waals surface area contributed by atoms with Crippen molar-refractivity contribution in [2.24, 2.45) is 0 Å². The molecule has 0 unspecified atom stereocenters. The van der Waals surface area contributed by atoms with Gasteiger partial charge in [-0.05, 0) is 39.2 Å². The van der Waals surface area contributed by atoms with Crippen LogP contribution in [0.2, 0.25) is 0 Å². The number of likely N-dealkylation sites (tertiary alicyclic amines) is 1. The highest BCUT2D eigenvalue weighted by molar-refractivity contribution is 6.16. The number of rotatable bonds is 4. The van der Waals surface area contributed by atoms with Gasteiger partial charge in [-0.3, -0.25) is 9.59 Å². The van der Waals surface area contributed by atoms with Crippen molar-refractivity contribution < 1.29 is 9.59 Å². The Bertz CT molecular complexity index is 996. The van der Waals surface area contributed by atoms with E-state index in [0.717, 1.165) is 23.7 Å². The fraction of sp³-hybridized carbons (Fsp3) is 0.333. The van der Waals surface area contributed by atoms with E-state index >= 15 is 0 Å². The van der Waals surface area contributed by atoms with Crippen LogP contribution in [0, 0.1) is 0 Å². The summed E-state index contributed by atoms with van der Waals surface area (Å²) in [5, 5.41) is 0.892. The number of amides is 1. The molecular weight excluding hydrogens is 348 g/mol. The summed E-state index contributed by atoms with van der Waals surface area (Å²) in [4.78, 5) is 28.2. The van der Waals surface area contributed by atoms with Gasteiger partial charge in [-0.1, -0.05) is 48.5 Å². The molecule has 0 N–H and O–H groups in total. The minimum atomic E-state index is -0.0114. The Morgan fingerprint density at radius 2 is 1.57 bits per heavy atom.